The number of fused-ring (bicyclic) bond motifs is 1. The molecule has 0 bridgehead atoms. The van der Waals surface area contributed by atoms with Crippen LogP contribution in [0.2, 0.25) is 5.02 Å². The van der Waals surface area contributed by atoms with Gasteiger partial charge in [-0.25, -0.2) is 0 Å². The van der Waals surface area contributed by atoms with Crippen LogP contribution < -0.4 is 10.6 Å². The number of carbonyl (C=O) groups excluding carboxylic acids is 1. The molecule has 7 heteroatoms. The number of hydrogen-bond acceptors (Lipinski definition) is 5. The molecule has 0 fully saturated rings. The van der Waals surface area contributed by atoms with Crippen LogP contribution in [0.1, 0.15) is 10.5 Å². The Labute approximate surface area is 166 Å². The number of hydrogen-bond donors (Lipinski definition) is 2. The lowest BCUT2D eigenvalue weighted by atomic mass is 10.1. The molecule has 2 heterocycles. The molecule has 0 aliphatic carbocycles. The van der Waals surface area contributed by atoms with E-state index in [-0.39, 0.29) is 11.6 Å². The predicted octanol–water partition coefficient (Wildman–Crippen LogP) is 4.39. The SMILES string of the molecule is O=C(NCCNc1ccnc2cc(Cl)ccc12)c1cc(-c2ccccc2)on1. The first-order chi connectivity index (χ1) is 13.7. The number of halogens is 1. The Hall–Kier alpha value is -3.38. The highest BCUT2D eigenvalue weighted by Gasteiger charge is 2.13. The smallest absolute Gasteiger partial charge is 0.273 e. The highest BCUT2D eigenvalue weighted by atomic mass is 35.5. The first-order valence-corrected chi connectivity index (χ1v) is 9.17. The van der Waals surface area contributed by atoms with Gasteiger partial charge in [0.1, 0.15) is 0 Å². The molecular weight excluding hydrogens is 376 g/mol. The summed E-state index contributed by atoms with van der Waals surface area (Å²) in [6.07, 6.45) is 1.72. The van der Waals surface area contributed by atoms with Crippen LogP contribution in [0.15, 0.2) is 71.4 Å². The number of nitrogens with zero attached hydrogens (tertiary/aromatic N) is 2. The van der Waals surface area contributed by atoms with Gasteiger partial charge in [0.2, 0.25) is 0 Å². The summed E-state index contributed by atoms with van der Waals surface area (Å²) < 4.78 is 5.26. The van der Waals surface area contributed by atoms with E-state index < -0.39 is 0 Å². The molecule has 6 nitrogen and oxygen atoms in total. The molecule has 0 aliphatic rings. The first-order valence-electron chi connectivity index (χ1n) is 8.79. The lowest BCUT2D eigenvalue weighted by Crippen LogP contribution is -2.29. The van der Waals surface area contributed by atoms with E-state index in [4.69, 9.17) is 16.1 Å². The maximum Gasteiger partial charge on any atom is 0.273 e. The molecule has 0 saturated heterocycles. The zero-order valence-electron chi connectivity index (χ0n) is 14.9. The Morgan fingerprint density at radius 2 is 1.89 bits per heavy atom. The van der Waals surface area contributed by atoms with Gasteiger partial charge < -0.3 is 15.2 Å². The Bertz CT molecular complexity index is 1110. The number of nitrogens with one attached hydrogen (secondary N) is 2. The Morgan fingerprint density at radius 3 is 2.75 bits per heavy atom. The zero-order chi connectivity index (χ0) is 19.3. The van der Waals surface area contributed by atoms with Gasteiger partial charge in [-0.1, -0.05) is 47.1 Å². The summed E-state index contributed by atoms with van der Waals surface area (Å²) in [7, 11) is 0. The fourth-order valence-corrected chi connectivity index (χ4v) is 3.03. The van der Waals surface area contributed by atoms with Crippen molar-refractivity contribution in [3.8, 4) is 11.3 Å². The molecule has 4 rings (SSSR count). The van der Waals surface area contributed by atoms with Crippen molar-refractivity contribution in [2.75, 3.05) is 18.4 Å². The molecule has 0 spiro atoms. The third-order valence-electron chi connectivity index (χ3n) is 4.23. The summed E-state index contributed by atoms with van der Waals surface area (Å²) in [5, 5.41) is 11.6. The number of anilines is 1. The van der Waals surface area contributed by atoms with Crippen molar-refractivity contribution >= 4 is 34.1 Å². The minimum Gasteiger partial charge on any atom is -0.383 e. The minimum atomic E-state index is -0.279. The number of carbonyl (C=O) groups is 1. The van der Waals surface area contributed by atoms with E-state index >= 15 is 0 Å². The van der Waals surface area contributed by atoms with Crippen LogP contribution in [0.5, 0.6) is 0 Å². The molecule has 0 atom stereocenters. The van der Waals surface area contributed by atoms with Gasteiger partial charge in [0.25, 0.3) is 5.91 Å². The Kier molecular flexibility index (Phi) is 5.21. The summed E-state index contributed by atoms with van der Waals surface area (Å²) in [6, 6.07) is 18.6. The average Bonchev–Trinajstić information content (AvgIpc) is 3.22. The van der Waals surface area contributed by atoms with E-state index in [0.717, 1.165) is 22.2 Å². The summed E-state index contributed by atoms with van der Waals surface area (Å²) in [6.45, 7) is 0.987. The summed E-state index contributed by atoms with van der Waals surface area (Å²) in [4.78, 5) is 16.6. The highest BCUT2D eigenvalue weighted by molar-refractivity contribution is 6.31. The van der Waals surface area contributed by atoms with Crippen LogP contribution in [0.25, 0.3) is 22.2 Å². The zero-order valence-corrected chi connectivity index (χ0v) is 15.6. The van der Waals surface area contributed by atoms with Gasteiger partial charge in [-0.05, 0) is 24.3 Å². The standard InChI is InChI=1S/C21H17ClN4O2/c22-15-6-7-16-17(8-9-23-18(16)12-15)24-10-11-25-21(27)19-13-20(28-26-19)14-4-2-1-3-5-14/h1-9,12-13H,10-11H2,(H,23,24)(H,25,27). The maximum atomic E-state index is 12.3. The largest absolute Gasteiger partial charge is 0.383 e. The third-order valence-corrected chi connectivity index (χ3v) is 4.47. The van der Waals surface area contributed by atoms with Crippen LogP contribution in [-0.4, -0.2) is 29.1 Å². The maximum absolute atomic E-state index is 12.3. The second kappa shape index (κ2) is 8.10. The molecule has 0 saturated carbocycles. The van der Waals surface area contributed by atoms with E-state index in [2.05, 4.69) is 20.8 Å². The van der Waals surface area contributed by atoms with Crippen molar-refractivity contribution < 1.29 is 9.32 Å². The van der Waals surface area contributed by atoms with E-state index in [0.29, 0.717) is 23.9 Å². The van der Waals surface area contributed by atoms with Gasteiger partial charge in [0, 0.05) is 47.0 Å². The average molecular weight is 393 g/mol. The van der Waals surface area contributed by atoms with E-state index in [1.807, 2.05) is 54.6 Å². The van der Waals surface area contributed by atoms with Crippen LogP contribution in [0, 0.1) is 0 Å². The molecule has 140 valence electrons. The molecule has 2 aromatic carbocycles. The second-order valence-corrected chi connectivity index (χ2v) is 6.58. The van der Waals surface area contributed by atoms with E-state index in [9.17, 15) is 4.79 Å². The van der Waals surface area contributed by atoms with Crippen LogP contribution in [-0.2, 0) is 0 Å². The van der Waals surface area contributed by atoms with Gasteiger partial charge in [-0.3, -0.25) is 9.78 Å². The number of rotatable bonds is 6. The summed E-state index contributed by atoms with van der Waals surface area (Å²) in [5.74, 6) is 0.282. The fourth-order valence-electron chi connectivity index (χ4n) is 2.86. The van der Waals surface area contributed by atoms with Crippen molar-refractivity contribution in [3.63, 3.8) is 0 Å². The van der Waals surface area contributed by atoms with Gasteiger partial charge in [0.15, 0.2) is 11.5 Å². The number of amides is 1. The van der Waals surface area contributed by atoms with Gasteiger partial charge in [0.05, 0.1) is 5.52 Å². The quantitative estimate of drug-likeness (QED) is 0.476. The summed E-state index contributed by atoms with van der Waals surface area (Å²) >= 11 is 6.01. The normalized spacial score (nSPS) is 10.8. The Balaban J connectivity index is 1.34. The van der Waals surface area contributed by atoms with Gasteiger partial charge in [-0.2, -0.15) is 0 Å². The lowest BCUT2D eigenvalue weighted by molar-refractivity contribution is 0.0946. The molecule has 4 aromatic rings. The predicted molar refractivity (Wildman–Crippen MR) is 110 cm³/mol. The van der Waals surface area contributed by atoms with Crippen molar-refractivity contribution in [2.45, 2.75) is 0 Å². The monoisotopic (exact) mass is 392 g/mol. The highest BCUT2D eigenvalue weighted by Crippen LogP contribution is 2.24. The Morgan fingerprint density at radius 1 is 1.04 bits per heavy atom. The molecule has 2 N–H and O–H groups in total. The molecule has 1 amide bonds. The lowest BCUT2D eigenvalue weighted by Gasteiger charge is -2.10. The molecule has 0 radical (unpaired) electrons. The van der Waals surface area contributed by atoms with Crippen LogP contribution >= 0.6 is 11.6 Å². The van der Waals surface area contributed by atoms with Crippen molar-refractivity contribution in [1.29, 1.82) is 0 Å². The third kappa shape index (κ3) is 3.97. The topological polar surface area (TPSA) is 80.0 Å². The minimum absolute atomic E-state index is 0.253. The molecule has 0 unspecified atom stereocenters. The van der Waals surface area contributed by atoms with Gasteiger partial charge in [-0.15, -0.1) is 0 Å². The van der Waals surface area contributed by atoms with Crippen LogP contribution in [0.4, 0.5) is 5.69 Å². The molecule has 28 heavy (non-hydrogen) atoms. The van der Waals surface area contributed by atoms with Crippen molar-refractivity contribution in [3.05, 3.63) is 77.6 Å². The van der Waals surface area contributed by atoms with Gasteiger partial charge >= 0.3 is 0 Å². The molecule has 0 aliphatic heterocycles. The van der Waals surface area contributed by atoms with E-state index in [1.165, 1.54) is 0 Å². The van der Waals surface area contributed by atoms with Crippen molar-refractivity contribution in [1.82, 2.24) is 15.5 Å². The van der Waals surface area contributed by atoms with Crippen LogP contribution in [0.3, 0.4) is 0 Å². The number of pyridine rings is 1. The number of aromatic nitrogens is 2. The molecular formula is C21H17ClN4O2. The number of benzene rings is 2. The van der Waals surface area contributed by atoms with Crippen molar-refractivity contribution in [2.24, 2.45) is 0 Å². The first kappa shape index (κ1) is 18.0. The molecule has 2 aromatic heterocycles. The second-order valence-electron chi connectivity index (χ2n) is 6.15. The van der Waals surface area contributed by atoms with E-state index in [1.54, 1.807) is 12.3 Å². The fraction of sp³-hybridized carbons (Fsp3) is 0.0952. The summed E-state index contributed by atoms with van der Waals surface area (Å²) in [5.41, 5.74) is 2.88.